The van der Waals surface area contributed by atoms with Crippen LogP contribution in [0.15, 0.2) is 0 Å². The van der Waals surface area contributed by atoms with Gasteiger partial charge in [0.2, 0.25) is 0 Å². The third kappa shape index (κ3) is 3.10. The van der Waals surface area contributed by atoms with Crippen LogP contribution < -0.4 is 10.6 Å². The number of rotatable bonds is 4. The van der Waals surface area contributed by atoms with Crippen LogP contribution in [0.3, 0.4) is 0 Å². The minimum absolute atomic E-state index is 0.0444. The molecule has 0 aromatic heterocycles. The first-order valence-electron chi connectivity index (χ1n) is 5.17. The number of hydrogen-bond acceptors (Lipinski definition) is 2. The van der Waals surface area contributed by atoms with Crippen LogP contribution in [0.5, 0.6) is 0 Å². The van der Waals surface area contributed by atoms with Crippen LogP contribution >= 0.6 is 12.2 Å². The standard InChI is InChI=1S/C10H20N2OS/c1-8(2)12-9(14)11-7-10(13-3)5-4-6-10/h8H,4-7H2,1-3H3,(H2,11,12,14). The molecular weight excluding hydrogens is 196 g/mol. The van der Waals surface area contributed by atoms with Gasteiger partial charge in [0, 0.05) is 19.7 Å². The third-order valence-electron chi connectivity index (χ3n) is 2.69. The Hall–Kier alpha value is -0.350. The first-order valence-corrected chi connectivity index (χ1v) is 5.58. The summed E-state index contributed by atoms with van der Waals surface area (Å²) in [4.78, 5) is 0. The molecule has 0 spiro atoms. The molecule has 3 nitrogen and oxygen atoms in total. The summed E-state index contributed by atoms with van der Waals surface area (Å²) >= 11 is 5.14. The molecule has 0 amide bonds. The second-order valence-corrected chi connectivity index (χ2v) is 4.63. The summed E-state index contributed by atoms with van der Waals surface area (Å²) in [6, 6.07) is 0.384. The zero-order valence-corrected chi connectivity index (χ0v) is 10.0. The molecule has 0 unspecified atom stereocenters. The molecule has 2 N–H and O–H groups in total. The molecule has 0 saturated heterocycles. The fourth-order valence-electron chi connectivity index (χ4n) is 1.58. The lowest BCUT2D eigenvalue weighted by molar-refractivity contribution is -0.0665. The highest BCUT2D eigenvalue weighted by Crippen LogP contribution is 2.34. The van der Waals surface area contributed by atoms with Crippen LogP contribution in [0.25, 0.3) is 0 Å². The Morgan fingerprint density at radius 3 is 2.50 bits per heavy atom. The number of nitrogens with one attached hydrogen (secondary N) is 2. The monoisotopic (exact) mass is 216 g/mol. The molecule has 0 bridgehead atoms. The molecule has 82 valence electrons. The highest BCUT2D eigenvalue weighted by molar-refractivity contribution is 7.80. The summed E-state index contributed by atoms with van der Waals surface area (Å²) in [7, 11) is 1.78. The van der Waals surface area contributed by atoms with Gasteiger partial charge in [-0.05, 0) is 45.3 Å². The van der Waals surface area contributed by atoms with Crippen LogP contribution in [-0.4, -0.2) is 30.4 Å². The lowest BCUT2D eigenvalue weighted by atomic mass is 9.80. The second-order valence-electron chi connectivity index (χ2n) is 4.22. The molecule has 1 saturated carbocycles. The van der Waals surface area contributed by atoms with Crippen molar-refractivity contribution < 1.29 is 4.74 Å². The van der Waals surface area contributed by atoms with E-state index in [0.717, 1.165) is 24.5 Å². The van der Waals surface area contributed by atoms with Crippen molar-refractivity contribution in [2.45, 2.75) is 44.8 Å². The molecule has 0 aromatic carbocycles. The summed E-state index contributed by atoms with van der Waals surface area (Å²) in [5.74, 6) is 0. The zero-order chi connectivity index (χ0) is 10.6. The van der Waals surface area contributed by atoms with Crippen molar-refractivity contribution >= 4 is 17.3 Å². The molecule has 1 aliphatic carbocycles. The summed E-state index contributed by atoms with van der Waals surface area (Å²) in [6.07, 6.45) is 3.54. The van der Waals surface area contributed by atoms with E-state index in [1.54, 1.807) is 7.11 Å². The molecule has 1 aliphatic rings. The SMILES string of the molecule is COC1(CNC(=S)NC(C)C)CCC1. The quantitative estimate of drug-likeness (QED) is 0.697. The normalized spacial score (nSPS) is 18.9. The number of hydrogen-bond donors (Lipinski definition) is 2. The molecule has 0 radical (unpaired) electrons. The average molecular weight is 216 g/mol. The van der Waals surface area contributed by atoms with Crippen molar-refractivity contribution in [1.29, 1.82) is 0 Å². The highest BCUT2D eigenvalue weighted by atomic mass is 32.1. The fraction of sp³-hybridized carbons (Fsp3) is 0.900. The molecular formula is C10H20N2OS. The molecule has 1 rings (SSSR count). The van der Waals surface area contributed by atoms with Gasteiger partial charge in [-0.1, -0.05) is 0 Å². The van der Waals surface area contributed by atoms with E-state index in [4.69, 9.17) is 17.0 Å². The van der Waals surface area contributed by atoms with Crippen molar-refractivity contribution in [1.82, 2.24) is 10.6 Å². The molecule has 1 fully saturated rings. The van der Waals surface area contributed by atoms with E-state index in [0.29, 0.717) is 6.04 Å². The van der Waals surface area contributed by atoms with E-state index in [9.17, 15) is 0 Å². The van der Waals surface area contributed by atoms with Crippen molar-refractivity contribution in [3.05, 3.63) is 0 Å². The van der Waals surface area contributed by atoms with Crippen molar-refractivity contribution in [2.75, 3.05) is 13.7 Å². The Kier molecular flexibility index (Phi) is 4.13. The number of thiocarbonyl (C=S) groups is 1. The van der Waals surface area contributed by atoms with Gasteiger partial charge in [-0.25, -0.2) is 0 Å². The summed E-state index contributed by atoms with van der Waals surface area (Å²) in [5, 5.41) is 7.08. The zero-order valence-electron chi connectivity index (χ0n) is 9.22. The second kappa shape index (κ2) is 4.94. The summed E-state index contributed by atoms with van der Waals surface area (Å²) in [5.41, 5.74) is 0.0444. The van der Waals surface area contributed by atoms with Gasteiger partial charge in [0.1, 0.15) is 0 Å². The van der Waals surface area contributed by atoms with Crippen molar-refractivity contribution in [3.63, 3.8) is 0 Å². The van der Waals surface area contributed by atoms with E-state index in [1.165, 1.54) is 6.42 Å². The highest BCUT2D eigenvalue weighted by Gasteiger charge is 2.36. The lowest BCUT2D eigenvalue weighted by Gasteiger charge is -2.40. The summed E-state index contributed by atoms with van der Waals surface area (Å²) < 4.78 is 5.48. The van der Waals surface area contributed by atoms with Gasteiger partial charge in [-0.2, -0.15) is 0 Å². The van der Waals surface area contributed by atoms with Gasteiger partial charge < -0.3 is 15.4 Å². The Bertz CT molecular complexity index is 197. The number of methoxy groups -OCH3 is 1. The maximum absolute atomic E-state index is 5.48. The van der Waals surface area contributed by atoms with Crippen molar-refractivity contribution in [3.8, 4) is 0 Å². The maximum Gasteiger partial charge on any atom is 0.166 e. The molecule has 0 aromatic rings. The molecule has 0 aliphatic heterocycles. The minimum atomic E-state index is 0.0444. The topological polar surface area (TPSA) is 33.3 Å². The minimum Gasteiger partial charge on any atom is -0.376 e. The van der Waals surface area contributed by atoms with Gasteiger partial charge >= 0.3 is 0 Å². The molecule has 0 atom stereocenters. The van der Waals surface area contributed by atoms with E-state index in [1.807, 2.05) is 0 Å². The van der Waals surface area contributed by atoms with Crippen molar-refractivity contribution in [2.24, 2.45) is 0 Å². The Labute approximate surface area is 91.6 Å². The smallest absolute Gasteiger partial charge is 0.166 e. The predicted octanol–water partition coefficient (Wildman–Crippen LogP) is 1.43. The Morgan fingerprint density at radius 2 is 2.14 bits per heavy atom. The largest absolute Gasteiger partial charge is 0.376 e. The van der Waals surface area contributed by atoms with E-state index >= 15 is 0 Å². The average Bonchev–Trinajstić information content (AvgIpc) is 2.01. The maximum atomic E-state index is 5.48. The van der Waals surface area contributed by atoms with E-state index < -0.39 is 0 Å². The molecule has 14 heavy (non-hydrogen) atoms. The van der Waals surface area contributed by atoms with E-state index in [-0.39, 0.29) is 5.60 Å². The van der Waals surface area contributed by atoms with Gasteiger partial charge in [-0.15, -0.1) is 0 Å². The fourth-order valence-corrected chi connectivity index (χ4v) is 1.89. The van der Waals surface area contributed by atoms with Crippen LogP contribution in [0, 0.1) is 0 Å². The van der Waals surface area contributed by atoms with Gasteiger partial charge in [0.25, 0.3) is 0 Å². The Morgan fingerprint density at radius 1 is 1.50 bits per heavy atom. The Balaban J connectivity index is 2.22. The van der Waals surface area contributed by atoms with E-state index in [2.05, 4.69) is 24.5 Å². The predicted molar refractivity (Wildman–Crippen MR) is 62.5 cm³/mol. The van der Waals surface area contributed by atoms with Crippen LogP contribution in [0.4, 0.5) is 0 Å². The van der Waals surface area contributed by atoms with Crippen LogP contribution in [0.1, 0.15) is 33.1 Å². The van der Waals surface area contributed by atoms with Crippen LogP contribution in [-0.2, 0) is 4.74 Å². The first-order chi connectivity index (χ1) is 6.58. The third-order valence-corrected chi connectivity index (χ3v) is 2.95. The van der Waals surface area contributed by atoms with Gasteiger partial charge in [-0.3, -0.25) is 0 Å². The molecule has 4 heteroatoms. The van der Waals surface area contributed by atoms with Crippen LogP contribution in [0.2, 0.25) is 0 Å². The number of ether oxygens (including phenoxy) is 1. The van der Waals surface area contributed by atoms with Gasteiger partial charge in [0.05, 0.1) is 5.60 Å². The summed E-state index contributed by atoms with van der Waals surface area (Å²) in [6.45, 7) is 4.97. The lowest BCUT2D eigenvalue weighted by Crippen LogP contribution is -2.52. The van der Waals surface area contributed by atoms with Gasteiger partial charge in [0.15, 0.2) is 5.11 Å². The first kappa shape index (κ1) is 11.7. The molecule has 0 heterocycles.